The van der Waals surface area contributed by atoms with Crippen molar-refractivity contribution in [3.63, 3.8) is 0 Å². The van der Waals surface area contributed by atoms with Crippen LogP contribution in [0.4, 0.5) is 0 Å². The van der Waals surface area contributed by atoms with Crippen molar-refractivity contribution >= 4 is 5.97 Å². The van der Waals surface area contributed by atoms with Gasteiger partial charge in [-0.05, 0) is 5.56 Å². The maximum atomic E-state index is 11.5. The van der Waals surface area contributed by atoms with Gasteiger partial charge in [0.2, 0.25) is 0 Å². The summed E-state index contributed by atoms with van der Waals surface area (Å²) in [5.41, 5.74) is 5.74. The number of benzene rings is 1. The van der Waals surface area contributed by atoms with Gasteiger partial charge >= 0.3 is 5.97 Å². The molecule has 80 valence electrons. The molecule has 1 saturated heterocycles. The highest BCUT2D eigenvalue weighted by Gasteiger charge is 2.43. The Hall–Kier alpha value is -1.39. The van der Waals surface area contributed by atoms with Crippen molar-refractivity contribution < 1.29 is 14.3 Å². The highest BCUT2D eigenvalue weighted by Crippen LogP contribution is 2.16. The molecule has 0 saturated carbocycles. The molecule has 0 unspecified atom stereocenters. The Balaban J connectivity index is 1.86. The van der Waals surface area contributed by atoms with Crippen LogP contribution < -0.4 is 5.73 Å². The fraction of sp³-hybridized carbons (Fsp3) is 0.364. The standard InChI is InChI=1S/C11H13NO3/c12-11(7-14-8-11)10(13)15-6-9-4-2-1-3-5-9/h1-5H,6-8,12H2. The summed E-state index contributed by atoms with van der Waals surface area (Å²) in [4.78, 5) is 11.5. The Bertz CT molecular complexity index is 346. The van der Waals surface area contributed by atoms with Gasteiger partial charge in [-0.2, -0.15) is 0 Å². The molecule has 4 nitrogen and oxygen atoms in total. The zero-order valence-electron chi connectivity index (χ0n) is 8.31. The molecule has 4 heteroatoms. The lowest BCUT2D eigenvalue weighted by atomic mass is 10.00. The summed E-state index contributed by atoms with van der Waals surface area (Å²) in [6.07, 6.45) is 0. The van der Waals surface area contributed by atoms with E-state index in [1.54, 1.807) is 0 Å². The fourth-order valence-corrected chi connectivity index (χ4v) is 1.31. The van der Waals surface area contributed by atoms with Crippen molar-refractivity contribution in [2.75, 3.05) is 13.2 Å². The summed E-state index contributed by atoms with van der Waals surface area (Å²) in [5.74, 6) is -0.391. The van der Waals surface area contributed by atoms with E-state index >= 15 is 0 Å². The fourth-order valence-electron chi connectivity index (χ4n) is 1.31. The largest absolute Gasteiger partial charge is 0.459 e. The molecule has 0 aromatic heterocycles. The normalized spacial score (nSPS) is 17.9. The first kappa shape index (κ1) is 10.1. The van der Waals surface area contributed by atoms with Crippen LogP contribution in [0.25, 0.3) is 0 Å². The van der Waals surface area contributed by atoms with Crippen molar-refractivity contribution in [2.45, 2.75) is 12.1 Å². The van der Waals surface area contributed by atoms with Crippen LogP contribution in [0.3, 0.4) is 0 Å². The van der Waals surface area contributed by atoms with E-state index in [0.29, 0.717) is 0 Å². The second-order valence-corrected chi connectivity index (χ2v) is 3.71. The second-order valence-electron chi connectivity index (χ2n) is 3.71. The average molecular weight is 207 g/mol. The van der Waals surface area contributed by atoms with Crippen LogP contribution in [0, 0.1) is 0 Å². The number of rotatable bonds is 3. The molecule has 1 heterocycles. The van der Waals surface area contributed by atoms with Gasteiger partial charge in [-0.1, -0.05) is 30.3 Å². The predicted octanol–water partition coefficient (Wildman–Crippen LogP) is 0.457. The molecule has 0 radical (unpaired) electrons. The molecule has 15 heavy (non-hydrogen) atoms. The Morgan fingerprint density at radius 2 is 2.07 bits per heavy atom. The van der Waals surface area contributed by atoms with Crippen molar-refractivity contribution in [3.05, 3.63) is 35.9 Å². The Morgan fingerprint density at radius 3 is 2.60 bits per heavy atom. The molecule has 0 spiro atoms. The molecular formula is C11H13NO3. The van der Waals surface area contributed by atoms with Gasteiger partial charge in [0.05, 0.1) is 13.2 Å². The van der Waals surface area contributed by atoms with Crippen LogP contribution in [-0.4, -0.2) is 24.7 Å². The van der Waals surface area contributed by atoms with Crippen LogP contribution in [0.2, 0.25) is 0 Å². The topological polar surface area (TPSA) is 61.6 Å². The first-order chi connectivity index (χ1) is 7.21. The van der Waals surface area contributed by atoms with E-state index in [9.17, 15) is 4.79 Å². The molecule has 1 aromatic carbocycles. The smallest absolute Gasteiger partial charge is 0.331 e. The third-order valence-corrected chi connectivity index (χ3v) is 2.34. The Morgan fingerprint density at radius 1 is 1.40 bits per heavy atom. The number of hydrogen-bond donors (Lipinski definition) is 1. The van der Waals surface area contributed by atoms with Gasteiger partial charge in [0.15, 0.2) is 5.54 Å². The highest BCUT2D eigenvalue weighted by atomic mass is 16.6. The summed E-state index contributed by atoms with van der Waals surface area (Å²) in [5, 5.41) is 0. The van der Waals surface area contributed by atoms with E-state index in [4.69, 9.17) is 15.2 Å². The molecular weight excluding hydrogens is 194 g/mol. The lowest BCUT2D eigenvalue weighted by Gasteiger charge is -2.34. The molecule has 1 aliphatic heterocycles. The molecule has 2 rings (SSSR count). The van der Waals surface area contributed by atoms with Crippen molar-refractivity contribution in [1.29, 1.82) is 0 Å². The van der Waals surface area contributed by atoms with E-state index in [1.807, 2.05) is 30.3 Å². The van der Waals surface area contributed by atoms with Crippen molar-refractivity contribution in [2.24, 2.45) is 5.73 Å². The highest BCUT2D eigenvalue weighted by molar-refractivity contribution is 5.81. The minimum Gasteiger partial charge on any atom is -0.459 e. The van der Waals surface area contributed by atoms with Crippen LogP contribution in [-0.2, 0) is 20.9 Å². The molecule has 0 atom stereocenters. The van der Waals surface area contributed by atoms with Gasteiger partial charge in [-0.25, -0.2) is 4.79 Å². The second kappa shape index (κ2) is 4.00. The molecule has 0 amide bonds. The van der Waals surface area contributed by atoms with Gasteiger partial charge in [-0.3, -0.25) is 0 Å². The van der Waals surface area contributed by atoms with Crippen molar-refractivity contribution in [3.8, 4) is 0 Å². The Kier molecular flexibility index (Phi) is 2.70. The lowest BCUT2D eigenvalue weighted by Crippen LogP contribution is -2.63. The summed E-state index contributed by atoms with van der Waals surface area (Å²) >= 11 is 0. The monoisotopic (exact) mass is 207 g/mol. The first-order valence-corrected chi connectivity index (χ1v) is 4.78. The van der Waals surface area contributed by atoms with Crippen LogP contribution in [0.1, 0.15) is 5.56 Å². The van der Waals surface area contributed by atoms with Crippen LogP contribution >= 0.6 is 0 Å². The van der Waals surface area contributed by atoms with E-state index in [-0.39, 0.29) is 19.8 Å². The van der Waals surface area contributed by atoms with Gasteiger partial charge in [0.25, 0.3) is 0 Å². The molecule has 1 aliphatic rings. The number of esters is 1. The zero-order valence-corrected chi connectivity index (χ0v) is 8.31. The van der Waals surface area contributed by atoms with E-state index in [2.05, 4.69) is 0 Å². The summed E-state index contributed by atoms with van der Waals surface area (Å²) < 4.78 is 9.98. The van der Waals surface area contributed by atoms with Gasteiger partial charge < -0.3 is 15.2 Å². The number of carbonyl (C=O) groups is 1. The molecule has 1 fully saturated rings. The maximum absolute atomic E-state index is 11.5. The third kappa shape index (κ3) is 2.16. The summed E-state index contributed by atoms with van der Waals surface area (Å²) in [6, 6.07) is 9.50. The SMILES string of the molecule is NC1(C(=O)OCc2ccccc2)COC1. The van der Waals surface area contributed by atoms with Gasteiger partial charge in [0, 0.05) is 0 Å². The first-order valence-electron chi connectivity index (χ1n) is 4.78. The van der Waals surface area contributed by atoms with Gasteiger partial charge in [0.1, 0.15) is 6.61 Å². The van der Waals surface area contributed by atoms with Crippen molar-refractivity contribution in [1.82, 2.24) is 0 Å². The number of hydrogen-bond acceptors (Lipinski definition) is 4. The number of ether oxygens (including phenoxy) is 2. The zero-order chi connectivity index (χ0) is 10.7. The van der Waals surface area contributed by atoms with E-state index in [1.165, 1.54) is 0 Å². The van der Waals surface area contributed by atoms with Gasteiger partial charge in [-0.15, -0.1) is 0 Å². The molecule has 0 aliphatic carbocycles. The summed E-state index contributed by atoms with van der Waals surface area (Å²) in [7, 11) is 0. The molecule has 2 N–H and O–H groups in total. The lowest BCUT2D eigenvalue weighted by molar-refractivity contribution is -0.169. The maximum Gasteiger partial charge on any atom is 0.331 e. The van der Waals surface area contributed by atoms with Crippen LogP contribution in [0.15, 0.2) is 30.3 Å². The van der Waals surface area contributed by atoms with E-state index in [0.717, 1.165) is 5.56 Å². The predicted molar refractivity (Wildman–Crippen MR) is 54.0 cm³/mol. The summed E-state index contributed by atoms with van der Waals surface area (Å²) in [6.45, 7) is 0.764. The Labute approximate surface area is 88.0 Å². The minimum absolute atomic E-state index is 0.251. The number of carbonyl (C=O) groups excluding carboxylic acids is 1. The molecule has 0 bridgehead atoms. The van der Waals surface area contributed by atoms with Crippen LogP contribution in [0.5, 0.6) is 0 Å². The molecule has 1 aromatic rings. The number of nitrogens with two attached hydrogens (primary N) is 1. The minimum atomic E-state index is -0.922. The average Bonchev–Trinajstić information content (AvgIpc) is 2.24. The quantitative estimate of drug-likeness (QED) is 0.731. The van der Waals surface area contributed by atoms with E-state index < -0.39 is 11.5 Å². The third-order valence-electron chi connectivity index (χ3n) is 2.34.